The van der Waals surface area contributed by atoms with E-state index in [1.54, 1.807) is 10.8 Å². The van der Waals surface area contributed by atoms with Gasteiger partial charge in [0.25, 0.3) is 11.8 Å². The highest BCUT2D eigenvalue weighted by atomic mass is 32.1. The quantitative estimate of drug-likeness (QED) is 0.316. The Labute approximate surface area is 284 Å². The number of nitrogens with one attached hydrogen (secondary N) is 4. The molecule has 0 spiro atoms. The summed E-state index contributed by atoms with van der Waals surface area (Å²) < 4.78 is 0. The maximum atomic E-state index is 13.5. The van der Waals surface area contributed by atoms with Crippen LogP contribution in [0.2, 0.25) is 0 Å². The van der Waals surface area contributed by atoms with E-state index >= 15 is 0 Å². The number of aromatic nitrogens is 2. The third-order valence-corrected chi connectivity index (χ3v) is 10.3. The number of benzene rings is 1. The molecule has 4 heterocycles. The van der Waals surface area contributed by atoms with Gasteiger partial charge in [-0.05, 0) is 56.6 Å². The van der Waals surface area contributed by atoms with Gasteiger partial charge in [-0.15, -0.1) is 22.7 Å². The largest absolute Gasteiger partial charge is 0.351 e. The van der Waals surface area contributed by atoms with Crippen molar-refractivity contribution in [3.63, 3.8) is 0 Å². The number of amides is 4. The fraction of sp³-hybridized carbons (Fsp3) is 0.529. The van der Waals surface area contributed by atoms with Crippen LogP contribution in [0.1, 0.15) is 101 Å². The fourth-order valence-electron chi connectivity index (χ4n) is 5.99. The van der Waals surface area contributed by atoms with Crippen molar-refractivity contribution in [3.05, 3.63) is 68.1 Å². The molecule has 13 heteroatoms. The minimum Gasteiger partial charge on any atom is -0.351 e. The summed E-state index contributed by atoms with van der Waals surface area (Å²) in [6.45, 7) is 7.09. The summed E-state index contributed by atoms with van der Waals surface area (Å²) in [4.78, 5) is 64.4. The zero-order valence-corrected chi connectivity index (χ0v) is 28.8. The Kier molecular flexibility index (Phi) is 12.5. The van der Waals surface area contributed by atoms with Crippen LogP contribution in [-0.2, 0) is 16.0 Å². The molecule has 3 atom stereocenters. The molecule has 4 amide bonds. The lowest BCUT2D eigenvalue weighted by Gasteiger charge is -2.30. The van der Waals surface area contributed by atoms with E-state index < -0.39 is 6.04 Å². The van der Waals surface area contributed by atoms with E-state index in [2.05, 4.69) is 45.1 Å². The lowest BCUT2D eigenvalue weighted by Crippen LogP contribution is -2.44. The number of carbonyl (C=O) groups is 4. The number of hydrogen-bond acceptors (Lipinski definition) is 9. The molecule has 2 aromatic heterocycles. The van der Waals surface area contributed by atoms with Crippen molar-refractivity contribution in [2.24, 2.45) is 11.8 Å². The molecule has 1 aromatic carbocycles. The van der Waals surface area contributed by atoms with Crippen LogP contribution in [0.4, 0.5) is 0 Å². The predicted molar refractivity (Wildman–Crippen MR) is 183 cm³/mol. The van der Waals surface area contributed by atoms with Gasteiger partial charge < -0.3 is 26.2 Å². The van der Waals surface area contributed by atoms with Crippen LogP contribution in [-0.4, -0.2) is 71.2 Å². The van der Waals surface area contributed by atoms with Gasteiger partial charge in [0.2, 0.25) is 11.8 Å². The van der Waals surface area contributed by atoms with Crippen LogP contribution in [0.25, 0.3) is 0 Å². The molecule has 0 radical (unpaired) electrons. The van der Waals surface area contributed by atoms with E-state index in [9.17, 15) is 19.2 Å². The first kappa shape index (κ1) is 34.6. The van der Waals surface area contributed by atoms with Crippen LogP contribution in [0.5, 0.6) is 0 Å². The molecule has 1 fully saturated rings. The van der Waals surface area contributed by atoms with E-state index in [0.29, 0.717) is 73.5 Å². The molecule has 47 heavy (non-hydrogen) atoms. The Morgan fingerprint density at radius 3 is 2.30 bits per heavy atom. The van der Waals surface area contributed by atoms with Crippen molar-refractivity contribution in [1.29, 1.82) is 0 Å². The molecule has 11 nitrogen and oxygen atoms in total. The summed E-state index contributed by atoms with van der Waals surface area (Å²) in [5.74, 6) is -0.434. The number of rotatable bonds is 5. The summed E-state index contributed by atoms with van der Waals surface area (Å²) in [5, 5.41) is 17.3. The van der Waals surface area contributed by atoms with Crippen molar-refractivity contribution < 1.29 is 19.2 Å². The van der Waals surface area contributed by atoms with E-state index in [1.165, 1.54) is 22.7 Å². The Morgan fingerprint density at radius 1 is 0.894 bits per heavy atom. The van der Waals surface area contributed by atoms with Gasteiger partial charge in [-0.2, -0.15) is 0 Å². The van der Waals surface area contributed by atoms with Gasteiger partial charge in [-0.25, -0.2) is 9.97 Å². The number of nitrogens with zero attached hydrogens (tertiary/aromatic N) is 3. The monoisotopic (exact) mass is 679 g/mol. The van der Waals surface area contributed by atoms with Crippen molar-refractivity contribution >= 4 is 46.3 Å². The highest BCUT2D eigenvalue weighted by Crippen LogP contribution is 2.27. The molecule has 1 unspecified atom stereocenters. The topological polar surface area (TPSA) is 145 Å². The average Bonchev–Trinajstić information content (AvgIpc) is 3.77. The molecule has 4 bridgehead atoms. The molecule has 252 valence electrons. The maximum Gasteiger partial charge on any atom is 0.271 e. The third kappa shape index (κ3) is 9.91. The number of piperidine rings is 1. The molecule has 2 aliphatic rings. The second kappa shape index (κ2) is 16.9. The molecule has 1 saturated heterocycles. The van der Waals surface area contributed by atoms with Crippen molar-refractivity contribution in [3.8, 4) is 0 Å². The summed E-state index contributed by atoms with van der Waals surface area (Å²) in [5.41, 5.74) is 1.59. The minimum absolute atomic E-state index is 0.0789. The summed E-state index contributed by atoms with van der Waals surface area (Å²) in [6.07, 6.45) is 4.35. The smallest absolute Gasteiger partial charge is 0.271 e. The van der Waals surface area contributed by atoms with Crippen LogP contribution in [0.3, 0.4) is 0 Å². The van der Waals surface area contributed by atoms with Crippen LogP contribution < -0.4 is 21.3 Å². The lowest BCUT2D eigenvalue weighted by atomic mass is 9.98. The Morgan fingerprint density at radius 2 is 1.60 bits per heavy atom. The number of fused-ring (bicyclic) bond motifs is 4. The summed E-state index contributed by atoms with van der Waals surface area (Å²) in [6, 6.07) is 9.02. The van der Waals surface area contributed by atoms with Gasteiger partial charge in [-0.1, -0.05) is 44.2 Å². The number of hydrogen-bond donors (Lipinski definition) is 4. The van der Waals surface area contributed by atoms with Crippen LogP contribution in [0.15, 0.2) is 41.1 Å². The number of carbonyl (C=O) groups excluding carboxylic acids is 4. The van der Waals surface area contributed by atoms with E-state index in [4.69, 9.17) is 0 Å². The zero-order chi connectivity index (χ0) is 33.2. The first-order valence-electron chi connectivity index (χ1n) is 16.6. The van der Waals surface area contributed by atoms with Gasteiger partial charge in [-0.3, -0.25) is 19.2 Å². The maximum absolute atomic E-state index is 13.5. The van der Waals surface area contributed by atoms with Gasteiger partial charge >= 0.3 is 0 Å². The predicted octanol–water partition coefficient (Wildman–Crippen LogP) is 4.26. The normalized spacial score (nSPS) is 22.1. The summed E-state index contributed by atoms with van der Waals surface area (Å²) in [7, 11) is 0. The van der Waals surface area contributed by atoms with Gasteiger partial charge in [0, 0.05) is 43.4 Å². The van der Waals surface area contributed by atoms with Crippen molar-refractivity contribution in [2.45, 2.75) is 70.9 Å². The standard InChI is InChI=1S/C34H45N7O4S2/c1-22(2)17-25-32-40-28(21-47-32)31(44)38-26(18-23-9-4-3-5-10-23)33-39-27(20-46-33)30(43)36-14-8-16-41(15-7-12-29(42)37-25)34(45)24-11-6-13-35-19-24/h3-5,9-10,20-22,24-26,35H,6-8,11-19H2,1-2H3,(H,36,43)(H,37,42)(H,38,44)/t24-,25?,26+/m1/s1. The van der Waals surface area contributed by atoms with Crippen LogP contribution in [0, 0.1) is 11.8 Å². The van der Waals surface area contributed by atoms with Crippen molar-refractivity contribution in [2.75, 3.05) is 32.7 Å². The molecule has 2 aliphatic heterocycles. The second-order valence-electron chi connectivity index (χ2n) is 12.7. The Hall–Kier alpha value is -3.68. The highest BCUT2D eigenvalue weighted by molar-refractivity contribution is 7.10. The third-order valence-electron chi connectivity index (χ3n) is 8.42. The van der Waals surface area contributed by atoms with E-state index in [0.717, 1.165) is 24.9 Å². The first-order valence-corrected chi connectivity index (χ1v) is 18.4. The van der Waals surface area contributed by atoms with Crippen molar-refractivity contribution in [1.82, 2.24) is 36.1 Å². The van der Waals surface area contributed by atoms with Crippen LogP contribution >= 0.6 is 22.7 Å². The van der Waals surface area contributed by atoms with Gasteiger partial charge in [0.05, 0.1) is 18.0 Å². The van der Waals surface area contributed by atoms with Gasteiger partial charge in [0.15, 0.2) is 0 Å². The van der Waals surface area contributed by atoms with Gasteiger partial charge in [0.1, 0.15) is 21.4 Å². The molecule has 0 aliphatic carbocycles. The van der Waals surface area contributed by atoms with E-state index in [1.807, 2.05) is 35.2 Å². The SMILES string of the molecule is CC(C)CC1NC(=O)CCCN(C(=O)[C@@H]2CCCNC2)CCCNC(=O)c2csc(n2)[C@H](Cc2ccccc2)NC(=O)c2csc1n2. The first-order chi connectivity index (χ1) is 22.8. The average molecular weight is 680 g/mol. The molecular formula is C34H45N7O4S2. The molecule has 5 rings (SSSR count). The molecule has 4 N–H and O–H groups in total. The Balaban J connectivity index is 1.39. The Bertz CT molecular complexity index is 1500. The van der Waals surface area contributed by atoms with E-state index in [-0.39, 0.29) is 47.7 Å². The summed E-state index contributed by atoms with van der Waals surface area (Å²) >= 11 is 2.69. The molecular weight excluding hydrogens is 635 g/mol. The highest BCUT2D eigenvalue weighted by Gasteiger charge is 2.28. The molecule has 3 aromatic rings. The number of thiazole rings is 2. The molecule has 0 saturated carbocycles. The lowest BCUT2D eigenvalue weighted by molar-refractivity contribution is -0.136. The second-order valence-corrected chi connectivity index (χ2v) is 14.5. The fourth-order valence-corrected chi connectivity index (χ4v) is 7.70. The minimum atomic E-state index is -0.476. The zero-order valence-electron chi connectivity index (χ0n) is 27.1.